The van der Waals surface area contributed by atoms with Crippen LogP contribution in [0.1, 0.15) is 26.7 Å². The lowest BCUT2D eigenvalue weighted by Gasteiger charge is -2.26. The van der Waals surface area contributed by atoms with Crippen molar-refractivity contribution in [2.24, 2.45) is 10.6 Å². The molecular formula is C13H23N3O3S. The van der Waals surface area contributed by atoms with Crippen LogP contribution in [-0.4, -0.2) is 26.7 Å². The topological polar surface area (TPSA) is 118 Å². The van der Waals surface area contributed by atoms with Gasteiger partial charge in [-0.2, -0.15) is 0 Å². The van der Waals surface area contributed by atoms with Crippen molar-refractivity contribution in [2.45, 2.75) is 31.6 Å². The summed E-state index contributed by atoms with van der Waals surface area (Å²) in [5, 5.41) is 17.2. The fourth-order valence-electron chi connectivity index (χ4n) is 1.90. The average molecular weight is 301 g/mol. The first-order valence-electron chi connectivity index (χ1n) is 6.43. The van der Waals surface area contributed by atoms with E-state index < -0.39 is 10.0 Å². The van der Waals surface area contributed by atoms with Crippen LogP contribution in [0.25, 0.3) is 0 Å². The minimum Gasteiger partial charge on any atom is -0.399 e. The van der Waals surface area contributed by atoms with Crippen LogP contribution >= 0.6 is 0 Å². The maximum Gasteiger partial charge on any atom is 0.240 e. The Morgan fingerprint density at radius 3 is 2.55 bits per heavy atom. The fourth-order valence-corrected chi connectivity index (χ4v) is 2.65. The third-order valence-corrected chi connectivity index (χ3v) is 4.03. The molecule has 0 aliphatic carbocycles. The first kappa shape index (κ1) is 16.7. The molecule has 0 aromatic heterocycles. The van der Waals surface area contributed by atoms with Gasteiger partial charge in [0.25, 0.3) is 0 Å². The molecule has 1 aromatic carbocycles. The summed E-state index contributed by atoms with van der Waals surface area (Å²) in [4.78, 5) is -0.00421. The molecule has 0 fully saturated rings. The number of aliphatic hydroxyl groups is 1. The number of anilines is 2. The van der Waals surface area contributed by atoms with Gasteiger partial charge in [-0.15, -0.1) is 0 Å². The van der Waals surface area contributed by atoms with Crippen molar-refractivity contribution in [3.8, 4) is 0 Å². The lowest BCUT2D eigenvalue weighted by atomic mass is 9.88. The molecule has 0 heterocycles. The Kier molecular flexibility index (Phi) is 5.38. The van der Waals surface area contributed by atoms with E-state index in [-0.39, 0.29) is 16.9 Å². The SMILES string of the molecule is CC(C)(CCCO)CNc1ccc(N)cc1S(N)(=O)=O. The van der Waals surface area contributed by atoms with E-state index in [0.29, 0.717) is 24.3 Å². The zero-order chi connectivity index (χ0) is 15.4. The van der Waals surface area contributed by atoms with Crippen molar-refractivity contribution < 1.29 is 13.5 Å². The Hall–Kier alpha value is -1.31. The summed E-state index contributed by atoms with van der Waals surface area (Å²) < 4.78 is 23.1. The summed E-state index contributed by atoms with van der Waals surface area (Å²) in [6, 6.07) is 4.58. The molecule has 0 spiro atoms. The quantitative estimate of drug-likeness (QED) is 0.563. The van der Waals surface area contributed by atoms with Crippen LogP contribution in [0.2, 0.25) is 0 Å². The number of sulfonamides is 1. The van der Waals surface area contributed by atoms with Crippen LogP contribution in [-0.2, 0) is 10.0 Å². The van der Waals surface area contributed by atoms with Gasteiger partial charge in [-0.25, -0.2) is 13.6 Å². The molecule has 0 unspecified atom stereocenters. The van der Waals surface area contributed by atoms with Gasteiger partial charge < -0.3 is 16.2 Å². The number of aliphatic hydroxyl groups excluding tert-OH is 1. The van der Waals surface area contributed by atoms with Crippen LogP contribution in [0.5, 0.6) is 0 Å². The normalized spacial score (nSPS) is 12.4. The highest BCUT2D eigenvalue weighted by Gasteiger charge is 2.20. The van der Waals surface area contributed by atoms with E-state index in [9.17, 15) is 8.42 Å². The second-order valence-corrected chi connectivity index (χ2v) is 7.18. The molecule has 0 bridgehead atoms. The molecule has 0 saturated heterocycles. The monoisotopic (exact) mass is 301 g/mol. The molecule has 6 N–H and O–H groups in total. The van der Waals surface area contributed by atoms with Crippen LogP contribution < -0.4 is 16.2 Å². The Balaban J connectivity index is 2.88. The average Bonchev–Trinajstić information content (AvgIpc) is 2.34. The molecule has 20 heavy (non-hydrogen) atoms. The van der Waals surface area contributed by atoms with E-state index >= 15 is 0 Å². The first-order chi connectivity index (χ1) is 9.15. The van der Waals surface area contributed by atoms with Gasteiger partial charge in [-0.05, 0) is 36.5 Å². The first-order valence-corrected chi connectivity index (χ1v) is 7.97. The van der Waals surface area contributed by atoms with Crippen molar-refractivity contribution in [2.75, 3.05) is 24.2 Å². The lowest BCUT2D eigenvalue weighted by Crippen LogP contribution is -2.25. The van der Waals surface area contributed by atoms with Crippen molar-refractivity contribution in [3.05, 3.63) is 18.2 Å². The molecule has 1 aromatic rings. The minimum atomic E-state index is -3.82. The predicted octanol–water partition coefficient (Wildman–Crippen LogP) is 1.13. The number of nitrogens with two attached hydrogens (primary N) is 2. The summed E-state index contributed by atoms with van der Waals surface area (Å²) in [5.41, 5.74) is 6.32. The molecular weight excluding hydrogens is 278 g/mol. The molecule has 7 heteroatoms. The molecule has 0 radical (unpaired) electrons. The third-order valence-electron chi connectivity index (χ3n) is 3.08. The number of primary sulfonamides is 1. The van der Waals surface area contributed by atoms with Gasteiger partial charge in [0, 0.05) is 18.8 Å². The number of rotatable bonds is 7. The van der Waals surface area contributed by atoms with E-state index in [1.165, 1.54) is 6.07 Å². The highest BCUT2D eigenvalue weighted by molar-refractivity contribution is 7.89. The van der Waals surface area contributed by atoms with Gasteiger partial charge in [0.15, 0.2) is 0 Å². The molecule has 1 rings (SSSR count). The van der Waals surface area contributed by atoms with Gasteiger partial charge >= 0.3 is 0 Å². The minimum absolute atomic E-state index is 0.00421. The standard InChI is InChI=1S/C13H23N3O3S/c1-13(2,6-3-7-17)9-16-11-5-4-10(14)8-12(11)20(15,18)19/h4-5,8,16-17H,3,6-7,9,14H2,1-2H3,(H2,15,18,19). The zero-order valence-corrected chi connectivity index (χ0v) is 12.7. The van der Waals surface area contributed by atoms with Crippen LogP contribution in [0, 0.1) is 5.41 Å². The second-order valence-electron chi connectivity index (χ2n) is 5.65. The third kappa shape index (κ3) is 4.99. The molecule has 0 amide bonds. The van der Waals surface area contributed by atoms with E-state index in [4.69, 9.17) is 16.0 Å². The Bertz CT molecular complexity index is 556. The van der Waals surface area contributed by atoms with E-state index in [0.717, 1.165) is 6.42 Å². The van der Waals surface area contributed by atoms with Gasteiger partial charge in [0.05, 0.1) is 5.69 Å². The van der Waals surface area contributed by atoms with Crippen molar-refractivity contribution in [3.63, 3.8) is 0 Å². The Morgan fingerprint density at radius 2 is 2.00 bits per heavy atom. The number of nitrogens with one attached hydrogen (secondary N) is 1. The molecule has 6 nitrogen and oxygen atoms in total. The maximum atomic E-state index is 11.6. The summed E-state index contributed by atoms with van der Waals surface area (Å²) in [6.45, 7) is 4.81. The smallest absolute Gasteiger partial charge is 0.240 e. The number of hydrogen-bond donors (Lipinski definition) is 4. The lowest BCUT2D eigenvalue weighted by molar-refractivity contribution is 0.248. The Morgan fingerprint density at radius 1 is 1.35 bits per heavy atom. The molecule has 0 saturated carbocycles. The molecule has 0 atom stereocenters. The fraction of sp³-hybridized carbons (Fsp3) is 0.538. The zero-order valence-electron chi connectivity index (χ0n) is 11.9. The van der Waals surface area contributed by atoms with Crippen molar-refractivity contribution >= 4 is 21.4 Å². The maximum absolute atomic E-state index is 11.6. The van der Waals surface area contributed by atoms with E-state index in [2.05, 4.69) is 5.32 Å². The molecule has 114 valence electrons. The number of hydrogen-bond acceptors (Lipinski definition) is 5. The summed E-state index contributed by atoms with van der Waals surface area (Å²) in [7, 11) is -3.82. The highest BCUT2D eigenvalue weighted by atomic mass is 32.2. The van der Waals surface area contributed by atoms with Gasteiger partial charge in [-0.3, -0.25) is 0 Å². The van der Waals surface area contributed by atoms with Crippen molar-refractivity contribution in [1.29, 1.82) is 0 Å². The molecule has 0 aliphatic rings. The Labute approximate surface area is 120 Å². The largest absolute Gasteiger partial charge is 0.399 e. The van der Waals surface area contributed by atoms with Gasteiger partial charge in [0.2, 0.25) is 10.0 Å². The summed E-state index contributed by atoms with van der Waals surface area (Å²) in [5.74, 6) is 0. The molecule has 0 aliphatic heterocycles. The summed E-state index contributed by atoms with van der Waals surface area (Å²) >= 11 is 0. The highest BCUT2D eigenvalue weighted by Crippen LogP contribution is 2.27. The van der Waals surface area contributed by atoms with Gasteiger partial charge in [-0.1, -0.05) is 13.8 Å². The summed E-state index contributed by atoms with van der Waals surface area (Å²) in [6.07, 6.45) is 1.54. The van der Waals surface area contributed by atoms with Gasteiger partial charge in [0.1, 0.15) is 4.90 Å². The van der Waals surface area contributed by atoms with Crippen LogP contribution in [0.15, 0.2) is 23.1 Å². The number of benzene rings is 1. The predicted molar refractivity (Wildman–Crippen MR) is 80.8 cm³/mol. The van der Waals surface area contributed by atoms with Crippen molar-refractivity contribution in [1.82, 2.24) is 0 Å². The van der Waals surface area contributed by atoms with Crippen LogP contribution in [0.4, 0.5) is 11.4 Å². The van der Waals surface area contributed by atoms with Crippen LogP contribution in [0.3, 0.4) is 0 Å². The second kappa shape index (κ2) is 6.43. The van der Waals surface area contributed by atoms with E-state index in [1.807, 2.05) is 13.8 Å². The van der Waals surface area contributed by atoms with E-state index in [1.54, 1.807) is 12.1 Å². The number of nitrogen functional groups attached to an aromatic ring is 1.